The lowest BCUT2D eigenvalue weighted by Gasteiger charge is -2.36. The molecule has 0 atom stereocenters. The van der Waals surface area contributed by atoms with Crippen LogP contribution in [-0.4, -0.2) is 41.9 Å². The molecule has 1 aliphatic rings. The molecule has 1 heterocycles. The summed E-state index contributed by atoms with van der Waals surface area (Å²) in [6.45, 7) is 0.991. The monoisotopic (exact) mass is 365 g/mol. The van der Waals surface area contributed by atoms with Gasteiger partial charge in [-0.15, -0.1) is 0 Å². The highest BCUT2D eigenvalue weighted by Crippen LogP contribution is 2.25. The smallest absolute Gasteiger partial charge is 0.272 e. The summed E-state index contributed by atoms with van der Waals surface area (Å²) in [6.07, 6.45) is 0. The Hall–Kier alpha value is -3.10. The lowest BCUT2D eigenvalue weighted by molar-refractivity contribution is -0.385. The number of nitro benzene ring substituents is 1. The number of rotatable bonds is 3. The normalized spacial score (nSPS) is 14.4. The number of halogens is 3. The number of benzene rings is 2. The standard InChI is InChI=1S/C17H14F3N3O3/c18-11-1-3-13(14(19)9-11)17(24)22-7-5-21(6-8-22)16-4-2-12(23(25)26)10-15(16)20/h1-4,9-10H,5-8H2. The van der Waals surface area contributed by atoms with Crippen molar-refractivity contribution in [2.24, 2.45) is 0 Å². The highest BCUT2D eigenvalue weighted by atomic mass is 19.1. The Morgan fingerprint density at radius 1 is 0.962 bits per heavy atom. The average molecular weight is 365 g/mol. The highest BCUT2D eigenvalue weighted by Gasteiger charge is 2.26. The van der Waals surface area contributed by atoms with E-state index in [2.05, 4.69) is 0 Å². The molecule has 136 valence electrons. The fourth-order valence-electron chi connectivity index (χ4n) is 2.85. The van der Waals surface area contributed by atoms with Gasteiger partial charge in [0, 0.05) is 38.3 Å². The summed E-state index contributed by atoms with van der Waals surface area (Å²) >= 11 is 0. The molecule has 1 amide bonds. The second-order valence-corrected chi connectivity index (χ2v) is 5.80. The van der Waals surface area contributed by atoms with Gasteiger partial charge in [-0.3, -0.25) is 14.9 Å². The number of carbonyl (C=O) groups excluding carboxylic acids is 1. The molecule has 2 aromatic rings. The first kappa shape index (κ1) is 17.7. The van der Waals surface area contributed by atoms with Crippen molar-refractivity contribution < 1.29 is 22.9 Å². The van der Waals surface area contributed by atoms with E-state index < -0.39 is 28.3 Å². The summed E-state index contributed by atoms with van der Waals surface area (Å²) in [4.78, 5) is 25.4. The minimum absolute atomic E-state index is 0.204. The van der Waals surface area contributed by atoms with Crippen molar-refractivity contribution in [1.29, 1.82) is 0 Å². The van der Waals surface area contributed by atoms with Gasteiger partial charge in [-0.25, -0.2) is 13.2 Å². The summed E-state index contributed by atoms with van der Waals surface area (Å²) in [5.74, 6) is -2.98. The van der Waals surface area contributed by atoms with Crippen molar-refractivity contribution >= 4 is 17.3 Å². The van der Waals surface area contributed by atoms with Crippen molar-refractivity contribution in [2.75, 3.05) is 31.1 Å². The number of hydrogen-bond donors (Lipinski definition) is 0. The molecule has 0 radical (unpaired) electrons. The Labute approximate surface area is 146 Å². The Bertz CT molecular complexity index is 868. The van der Waals surface area contributed by atoms with Crippen LogP contribution in [0.1, 0.15) is 10.4 Å². The van der Waals surface area contributed by atoms with Gasteiger partial charge in [0.15, 0.2) is 5.82 Å². The van der Waals surface area contributed by atoms with Crippen LogP contribution in [0.4, 0.5) is 24.5 Å². The van der Waals surface area contributed by atoms with Gasteiger partial charge in [-0.2, -0.15) is 0 Å². The van der Waals surface area contributed by atoms with Gasteiger partial charge in [-0.1, -0.05) is 0 Å². The third-order valence-corrected chi connectivity index (χ3v) is 4.21. The molecular formula is C17H14F3N3O3. The lowest BCUT2D eigenvalue weighted by atomic mass is 10.1. The Kier molecular flexibility index (Phi) is 4.79. The Balaban J connectivity index is 1.69. The Morgan fingerprint density at radius 2 is 1.65 bits per heavy atom. The zero-order valence-corrected chi connectivity index (χ0v) is 13.5. The first-order valence-electron chi connectivity index (χ1n) is 7.80. The van der Waals surface area contributed by atoms with Crippen LogP contribution in [0.25, 0.3) is 0 Å². The molecule has 2 aromatic carbocycles. The summed E-state index contributed by atoms with van der Waals surface area (Å²) < 4.78 is 40.8. The van der Waals surface area contributed by atoms with Gasteiger partial charge in [0.1, 0.15) is 11.6 Å². The third-order valence-electron chi connectivity index (χ3n) is 4.21. The molecule has 0 spiro atoms. The minimum Gasteiger partial charge on any atom is -0.366 e. The SMILES string of the molecule is O=C(c1ccc(F)cc1F)N1CCN(c2ccc([N+](=O)[O-])cc2F)CC1. The van der Waals surface area contributed by atoms with E-state index in [1.54, 1.807) is 4.90 Å². The quantitative estimate of drug-likeness (QED) is 0.620. The van der Waals surface area contributed by atoms with Crippen molar-refractivity contribution in [1.82, 2.24) is 4.90 Å². The van der Waals surface area contributed by atoms with E-state index >= 15 is 0 Å². The maximum atomic E-state index is 14.1. The van der Waals surface area contributed by atoms with Crippen LogP contribution in [-0.2, 0) is 0 Å². The van der Waals surface area contributed by atoms with E-state index in [1.807, 2.05) is 0 Å². The molecule has 0 saturated carbocycles. The molecule has 1 saturated heterocycles. The molecule has 26 heavy (non-hydrogen) atoms. The van der Waals surface area contributed by atoms with Crippen LogP contribution in [0, 0.1) is 27.6 Å². The van der Waals surface area contributed by atoms with E-state index in [1.165, 1.54) is 17.0 Å². The fraction of sp³-hybridized carbons (Fsp3) is 0.235. The maximum absolute atomic E-state index is 14.1. The third kappa shape index (κ3) is 3.46. The highest BCUT2D eigenvalue weighted by molar-refractivity contribution is 5.94. The molecule has 9 heteroatoms. The molecule has 1 fully saturated rings. The first-order chi connectivity index (χ1) is 12.4. The molecule has 0 unspecified atom stereocenters. The van der Waals surface area contributed by atoms with Crippen LogP contribution >= 0.6 is 0 Å². The van der Waals surface area contributed by atoms with Gasteiger partial charge in [0.05, 0.1) is 22.2 Å². The summed E-state index contributed by atoms with van der Waals surface area (Å²) in [6, 6.07) is 6.14. The molecule has 0 aromatic heterocycles. The summed E-state index contributed by atoms with van der Waals surface area (Å²) in [7, 11) is 0. The van der Waals surface area contributed by atoms with Gasteiger partial charge in [-0.05, 0) is 18.2 Å². The van der Waals surface area contributed by atoms with E-state index in [9.17, 15) is 28.1 Å². The molecule has 6 nitrogen and oxygen atoms in total. The van der Waals surface area contributed by atoms with Crippen molar-refractivity contribution in [3.8, 4) is 0 Å². The number of anilines is 1. The van der Waals surface area contributed by atoms with Crippen molar-refractivity contribution in [2.45, 2.75) is 0 Å². The molecule has 0 bridgehead atoms. The van der Waals surface area contributed by atoms with Crippen LogP contribution in [0.15, 0.2) is 36.4 Å². The molecule has 3 rings (SSSR count). The second-order valence-electron chi connectivity index (χ2n) is 5.80. The topological polar surface area (TPSA) is 66.7 Å². The zero-order chi connectivity index (χ0) is 18.8. The van der Waals surface area contributed by atoms with E-state index in [-0.39, 0.29) is 43.1 Å². The Morgan fingerprint density at radius 3 is 2.23 bits per heavy atom. The predicted molar refractivity (Wildman–Crippen MR) is 87.5 cm³/mol. The number of carbonyl (C=O) groups is 1. The van der Waals surface area contributed by atoms with Gasteiger partial charge in [0.25, 0.3) is 11.6 Å². The van der Waals surface area contributed by atoms with Crippen LogP contribution in [0.3, 0.4) is 0 Å². The molecule has 0 aliphatic carbocycles. The largest absolute Gasteiger partial charge is 0.366 e. The van der Waals surface area contributed by atoms with Crippen LogP contribution in [0.2, 0.25) is 0 Å². The number of piperazine rings is 1. The fourth-order valence-corrected chi connectivity index (χ4v) is 2.85. The number of nitrogens with zero attached hydrogens (tertiary/aromatic N) is 3. The molecule has 0 N–H and O–H groups in total. The zero-order valence-electron chi connectivity index (χ0n) is 13.5. The molecular weight excluding hydrogens is 351 g/mol. The number of non-ortho nitro benzene ring substituents is 1. The van der Waals surface area contributed by atoms with E-state index in [4.69, 9.17) is 0 Å². The maximum Gasteiger partial charge on any atom is 0.272 e. The minimum atomic E-state index is -0.932. The van der Waals surface area contributed by atoms with Gasteiger partial charge < -0.3 is 9.80 Å². The van der Waals surface area contributed by atoms with Crippen LogP contribution < -0.4 is 4.90 Å². The average Bonchev–Trinajstić information content (AvgIpc) is 2.61. The van der Waals surface area contributed by atoms with Gasteiger partial charge in [0.2, 0.25) is 0 Å². The van der Waals surface area contributed by atoms with E-state index in [0.29, 0.717) is 6.07 Å². The lowest BCUT2D eigenvalue weighted by Crippen LogP contribution is -2.49. The second kappa shape index (κ2) is 7.03. The first-order valence-corrected chi connectivity index (χ1v) is 7.80. The summed E-state index contributed by atoms with van der Waals surface area (Å²) in [5.41, 5.74) is -0.358. The molecule has 1 aliphatic heterocycles. The number of hydrogen-bond acceptors (Lipinski definition) is 4. The van der Waals surface area contributed by atoms with Crippen LogP contribution in [0.5, 0.6) is 0 Å². The summed E-state index contributed by atoms with van der Waals surface area (Å²) in [5, 5.41) is 10.7. The number of nitro groups is 1. The van der Waals surface area contributed by atoms with Gasteiger partial charge >= 0.3 is 0 Å². The van der Waals surface area contributed by atoms with E-state index in [0.717, 1.165) is 18.2 Å². The van der Waals surface area contributed by atoms with Crippen molar-refractivity contribution in [3.63, 3.8) is 0 Å². The predicted octanol–water partition coefficient (Wildman–Crippen LogP) is 2.97. The van der Waals surface area contributed by atoms with Crippen molar-refractivity contribution in [3.05, 3.63) is 69.5 Å². The number of amides is 1.